The maximum Gasteiger partial charge on any atom is 0.243 e. The Morgan fingerprint density at radius 3 is 2.44 bits per heavy atom. The fraction of sp³-hybridized carbons (Fsp3) is 0.455. The molecule has 0 atom stereocenters. The number of phenolic OH excluding ortho intramolecular Hbond substituents is 1. The summed E-state index contributed by atoms with van der Waals surface area (Å²) in [6.07, 6.45) is 0. The van der Waals surface area contributed by atoms with Gasteiger partial charge < -0.3 is 5.11 Å². The minimum absolute atomic E-state index is 0.0408. The molecule has 0 unspecified atom stereocenters. The van der Waals surface area contributed by atoms with Crippen LogP contribution in [0.5, 0.6) is 5.75 Å². The number of hydrogen-bond donors (Lipinski definition) is 1. The SMILES string of the molecule is CCN(C(C)C)S(=O)(=O)c1cccc(O)c1. The van der Waals surface area contributed by atoms with E-state index in [0.29, 0.717) is 6.54 Å². The predicted molar refractivity (Wildman–Crippen MR) is 62.8 cm³/mol. The van der Waals surface area contributed by atoms with Crippen molar-refractivity contribution in [1.82, 2.24) is 4.31 Å². The summed E-state index contributed by atoms with van der Waals surface area (Å²) in [5.74, 6) is -0.0408. The van der Waals surface area contributed by atoms with E-state index < -0.39 is 10.0 Å². The lowest BCUT2D eigenvalue weighted by Gasteiger charge is -2.24. The van der Waals surface area contributed by atoms with Crippen LogP contribution in [0.1, 0.15) is 20.8 Å². The Kier molecular flexibility index (Phi) is 3.93. The molecule has 0 aliphatic carbocycles. The van der Waals surface area contributed by atoms with Crippen LogP contribution in [0.25, 0.3) is 0 Å². The van der Waals surface area contributed by atoms with Gasteiger partial charge in [0.2, 0.25) is 10.0 Å². The Bertz CT molecular complexity index is 454. The van der Waals surface area contributed by atoms with Gasteiger partial charge in [-0.2, -0.15) is 4.31 Å². The molecule has 0 saturated carbocycles. The highest BCUT2D eigenvalue weighted by Crippen LogP contribution is 2.21. The van der Waals surface area contributed by atoms with Gasteiger partial charge in [-0.3, -0.25) is 0 Å². The molecule has 4 nitrogen and oxygen atoms in total. The highest BCUT2D eigenvalue weighted by Gasteiger charge is 2.25. The fourth-order valence-corrected chi connectivity index (χ4v) is 3.28. The van der Waals surface area contributed by atoms with Crippen molar-refractivity contribution in [1.29, 1.82) is 0 Å². The van der Waals surface area contributed by atoms with Crippen molar-refractivity contribution in [3.8, 4) is 5.75 Å². The van der Waals surface area contributed by atoms with E-state index in [-0.39, 0.29) is 16.7 Å². The number of hydrogen-bond acceptors (Lipinski definition) is 3. The van der Waals surface area contributed by atoms with E-state index in [4.69, 9.17) is 0 Å². The van der Waals surface area contributed by atoms with Crippen LogP contribution in [0.3, 0.4) is 0 Å². The molecule has 0 aromatic heterocycles. The number of benzene rings is 1. The van der Waals surface area contributed by atoms with E-state index >= 15 is 0 Å². The summed E-state index contributed by atoms with van der Waals surface area (Å²) in [5, 5.41) is 9.29. The molecule has 90 valence electrons. The fourth-order valence-electron chi connectivity index (χ4n) is 1.59. The molecule has 0 fully saturated rings. The smallest absolute Gasteiger partial charge is 0.243 e. The Labute approximate surface area is 96.6 Å². The van der Waals surface area contributed by atoms with Gasteiger partial charge in [-0.1, -0.05) is 13.0 Å². The van der Waals surface area contributed by atoms with Crippen molar-refractivity contribution in [2.75, 3.05) is 6.54 Å². The first-order valence-corrected chi connectivity index (χ1v) is 6.64. The summed E-state index contributed by atoms with van der Waals surface area (Å²) in [4.78, 5) is 0.128. The van der Waals surface area contributed by atoms with Crippen molar-refractivity contribution in [3.63, 3.8) is 0 Å². The average Bonchev–Trinajstić information content (AvgIpc) is 2.17. The molecule has 16 heavy (non-hydrogen) atoms. The summed E-state index contributed by atoms with van der Waals surface area (Å²) in [5.41, 5.74) is 0. The number of sulfonamides is 1. The number of rotatable bonds is 4. The summed E-state index contributed by atoms with van der Waals surface area (Å²) < 4.78 is 25.7. The molecule has 0 bridgehead atoms. The van der Waals surface area contributed by atoms with Gasteiger partial charge in [0.05, 0.1) is 4.90 Å². The quantitative estimate of drug-likeness (QED) is 0.877. The number of nitrogens with zero attached hydrogens (tertiary/aromatic N) is 1. The second-order valence-corrected chi connectivity index (χ2v) is 5.69. The molecule has 0 amide bonds. The lowest BCUT2D eigenvalue weighted by Crippen LogP contribution is -2.36. The molecular formula is C11H17NO3S. The Balaban J connectivity index is 3.20. The molecule has 0 spiro atoms. The number of aromatic hydroxyl groups is 1. The molecule has 0 heterocycles. The zero-order valence-electron chi connectivity index (χ0n) is 9.71. The van der Waals surface area contributed by atoms with Gasteiger partial charge in [0.15, 0.2) is 0 Å². The molecule has 1 aromatic rings. The highest BCUT2D eigenvalue weighted by molar-refractivity contribution is 7.89. The first-order valence-electron chi connectivity index (χ1n) is 5.20. The van der Waals surface area contributed by atoms with Crippen LogP contribution in [-0.2, 0) is 10.0 Å². The van der Waals surface area contributed by atoms with Crippen LogP contribution in [0.4, 0.5) is 0 Å². The van der Waals surface area contributed by atoms with E-state index in [2.05, 4.69) is 0 Å². The molecular weight excluding hydrogens is 226 g/mol. The van der Waals surface area contributed by atoms with Gasteiger partial charge in [0.1, 0.15) is 5.75 Å². The van der Waals surface area contributed by atoms with E-state index in [1.807, 2.05) is 13.8 Å². The maximum absolute atomic E-state index is 12.2. The van der Waals surface area contributed by atoms with Gasteiger partial charge in [0, 0.05) is 12.6 Å². The Hall–Kier alpha value is -1.07. The van der Waals surface area contributed by atoms with E-state index in [0.717, 1.165) is 0 Å². The van der Waals surface area contributed by atoms with Gasteiger partial charge in [-0.05, 0) is 32.0 Å². The van der Waals surface area contributed by atoms with Crippen molar-refractivity contribution in [2.45, 2.75) is 31.7 Å². The van der Waals surface area contributed by atoms with Crippen molar-refractivity contribution in [2.24, 2.45) is 0 Å². The third kappa shape index (κ3) is 2.54. The zero-order chi connectivity index (χ0) is 12.3. The third-order valence-electron chi connectivity index (χ3n) is 2.31. The second-order valence-electron chi connectivity index (χ2n) is 3.80. The molecule has 0 saturated heterocycles. The largest absolute Gasteiger partial charge is 0.508 e. The lowest BCUT2D eigenvalue weighted by molar-refractivity contribution is 0.368. The van der Waals surface area contributed by atoms with Gasteiger partial charge in [-0.15, -0.1) is 0 Å². The Morgan fingerprint density at radius 2 is 2.00 bits per heavy atom. The van der Waals surface area contributed by atoms with Crippen LogP contribution >= 0.6 is 0 Å². The molecule has 0 aliphatic heterocycles. The maximum atomic E-state index is 12.2. The molecule has 5 heteroatoms. The van der Waals surface area contributed by atoms with E-state index in [1.165, 1.54) is 28.6 Å². The van der Waals surface area contributed by atoms with E-state index in [9.17, 15) is 13.5 Å². The minimum Gasteiger partial charge on any atom is -0.508 e. The van der Waals surface area contributed by atoms with Crippen LogP contribution < -0.4 is 0 Å². The standard InChI is InChI=1S/C11H17NO3S/c1-4-12(9(2)3)16(14,15)11-7-5-6-10(13)8-11/h5-9,13H,4H2,1-3H3. The first kappa shape index (κ1) is 13.0. The van der Waals surface area contributed by atoms with Crippen LogP contribution in [0, 0.1) is 0 Å². The predicted octanol–water partition coefficient (Wildman–Crippen LogP) is 1.81. The third-order valence-corrected chi connectivity index (χ3v) is 4.46. The lowest BCUT2D eigenvalue weighted by atomic mass is 10.3. The summed E-state index contributed by atoms with van der Waals surface area (Å²) in [6, 6.07) is 5.62. The average molecular weight is 243 g/mol. The van der Waals surface area contributed by atoms with Gasteiger partial charge in [-0.25, -0.2) is 8.42 Å². The highest BCUT2D eigenvalue weighted by atomic mass is 32.2. The second kappa shape index (κ2) is 4.84. The van der Waals surface area contributed by atoms with Gasteiger partial charge in [0.25, 0.3) is 0 Å². The van der Waals surface area contributed by atoms with E-state index in [1.54, 1.807) is 6.92 Å². The van der Waals surface area contributed by atoms with Crippen molar-refractivity contribution >= 4 is 10.0 Å². The normalized spacial score (nSPS) is 12.3. The molecule has 1 N–H and O–H groups in total. The van der Waals surface area contributed by atoms with Crippen molar-refractivity contribution < 1.29 is 13.5 Å². The van der Waals surface area contributed by atoms with Crippen molar-refractivity contribution in [3.05, 3.63) is 24.3 Å². The topological polar surface area (TPSA) is 57.6 Å². The molecule has 1 aromatic carbocycles. The minimum atomic E-state index is -3.50. The van der Waals surface area contributed by atoms with Crippen LogP contribution in [-0.4, -0.2) is 30.4 Å². The van der Waals surface area contributed by atoms with Crippen LogP contribution in [0.2, 0.25) is 0 Å². The Morgan fingerprint density at radius 1 is 1.38 bits per heavy atom. The number of phenols is 1. The molecule has 1 rings (SSSR count). The summed E-state index contributed by atoms with van der Waals surface area (Å²) in [7, 11) is -3.50. The molecule has 0 radical (unpaired) electrons. The molecule has 0 aliphatic rings. The monoisotopic (exact) mass is 243 g/mol. The van der Waals surface area contributed by atoms with Crippen LogP contribution in [0.15, 0.2) is 29.2 Å². The zero-order valence-corrected chi connectivity index (χ0v) is 10.5. The summed E-state index contributed by atoms with van der Waals surface area (Å²) >= 11 is 0. The summed E-state index contributed by atoms with van der Waals surface area (Å²) in [6.45, 7) is 5.85. The van der Waals surface area contributed by atoms with Gasteiger partial charge >= 0.3 is 0 Å². The first-order chi connectivity index (χ1) is 7.39.